The van der Waals surface area contributed by atoms with E-state index in [0.717, 1.165) is 25.7 Å². The van der Waals surface area contributed by atoms with Crippen molar-refractivity contribution in [3.8, 4) is 0 Å². The summed E-state index contributed by atoms with van der Waals surface area (Å²) in [5, 5.41) is 11.3. The molecule has 0 aliphatic heterocycles. The summed E-state index contributed by atoms with van der Waals surface area (Å²) in [6, 6.07) is 0. The van der Waals surface area contributed by atoms with Crippen molar-refractivity contribution in [3.63, 3.8) is 0 Å². The van der Waals surface area contributed by atoms with Crippen molar-refractivity contribution >= 4 is 33.6 Å². The molecule has 0 rings (SSSR count). The maximum absolute atomic E-state index is 11.9. The van der Waals surface area contributed by atoms with Crippen LogP contribution in [-0.4, -0.2) is 41.8 Å². The standard InChI is InChI=1S/C13H24N2O6S2/c1-3-5-11(6-4-2)12(16)14-13(17)20-7-9-22-23-10-8-21-15(18)19/h11H,3-10H2,1-2H3,(H,14,16,17). The Morgan fingerprint density at radius 3 is 2.22 bits per heavy atom. The van der Waals surface area contributed by atoms with E-state index in [2.05, 4.69) is 10.2 Å². The molecule has 0 saturated heterocycles. The Kier molecular flexibility index (Phi) is 13.7. The quantitative estimate of drug-likeness (QED) is 0.229. The Bertz CT molecular complexity index is 364. The molecule has 0 atom stereocenters. The first-order chi connectivity index (χ1) is 11.0. The van der Waals surface area contributed by atoms with Crippen molar-refractivity contribution in [2.75, 3.05) is 24.7 Å². The molecule has 134 valence electrons. The molecule has 23 heavy (non-hydrogen) atoms. The van der Waals surface area contributed by atoms with Crippen LogP contribution in [0.25, 0.3) is 0 Å². The largest absolute Gasteiger partial charge is 0.448 e. The van der Waals surface area contributed by atoms with Crippen LogP contribution in [-0.2, 0) is 14.4 Å². The van der Waals surface area contributed by atoms with Gasteiger partial charge in [-0.1, -0.05) is 48.3 Å². The van der Waals surface area contributed by atoms with E-state index in [1.807, 2.05) is 13.8 Å². The highest BCUT2D eigenvalue weighted by molar-refractivity contribution is 8.76. The molecule has 1 N–H and O–H groups in total. The number of carbonyl (C=O) groups excluding carboxylic acids is 2. The summed E-state index contributed by atoms with van der Waals surface area (Å²) in [6.07, 6.45) is 2.56. The van der Waals surface area contributed by atoms with E-state index in [9.17, 15) is 19.7 Å². The van der Waals surface area contributed by atoms with Crippen LogP contribution in [0.1, 0.15) is 39.5 Å². The van der Waals surface area contributed by atoms with Crippen LogP contribution in [0.15, 0.2) is 0 Å². The molecular weight excluding hydrogens is 344 g/mol. The van der Waals surface area contributed by atoms with Gasteiger partial charge >= 0.3 is 6.09 Å². The van der Waals surface area contributed by atoms with Crippen LogP contribution in [0.2, 0.25) is 0 Å². The first-order valence-electron chi connectivity index (χ1n) is 7.50. The lowest BCUT2D eigenvalue weighted by molar-refractivity contribution is -0.756. The zero-order valence-corrected chi connectivity index (χ0v) is 15.1. The van der Waals surface area contributed by atoms with Gasteiger partial charge in [0.05, 0.1) is 0 Å². The zero-order chi connectivity index (χ0) is 17.5. The van der Waals surface area contributed by atoms with Crippen LogP contribution >= 0.6 is 21.6 Å². The second kappa shape index (κ2) is 14.4. The van der Waals surface area contributed by atoms with Gasteiger partial charge in [0.2, 0.25) is 5.91 Å². The SMILES string of the molecule is CCCC(CCC)C(=O)NC(=O)OCCSSCCO[N+](=O)[O-]. The second-order valence-electron chi connectivity index (χ2n) is 4.60. The number of carbonyl (C=O) groups is 2. The zero-order valence-electron chi connectivity index (χ0n) is 13.4. The van der Waals surface area contributed by atoms with Gasteiger partial charge in [0, 0.05) is 17.4 Å². The van der Waals surface area contributed by atoms with Crippen LogP contribution in [0.4, 0.5) is 4.79 Å². The van der Waals surface area contributed by atoms with Crippen LogP contribution in [0, 0.1) is 16.0 Å². The molecule has 8 nitrogen and oxygen atoms in total. The van der Waals surface area contributed by atoms with Crippen LogP contribution in [0.3, 0.4) is 0 Å². The van der Waals surface area contributed by atoms with E-state index < -0.39 is 11.2 Å². The Morgan fingerprint density at radius 1 is 1.13 bits per heavy atom. The third kappa shape index (κ3) is 13.0. The van der Waals surface area contributed by atoms with Crippen molar-refractivity contribution in [1.82, 2.24) is 5.32 Å². The number of ether oxygens (including phenoxy) is 1. The predicted molar refractivity (Wildman–Crippen MR) is 90.7 cm³/mol. The lowest BCUT2D eigenvalue weighted by Crippen LogP contribution is -2.36. The average Bonchev–Trinajstić information content (AvgIpc) is 2.49. The molecule has 0 fully saturated rings. The van der Waals surface area contributed by atoms with E-state index in [4.69, 9.17) is 4.74 Å². The Labute approximate surface area is 143 Å². The van der Waals surface area contributed by atoms with Crippen molar-refractivity contribution in [2.45, 2.75) is 39.5 Å². The van der Waals surface area contributed by atoms with Gasteiger partial charge < -0.3 is 9.57 Å². The Balaban J connectivity index is 3.69. The van der Waals surface area contributed by atoms with Gasteiger partial charge in [0.1, 0.15) is 13.2 Å². The van der Waals surface area contributed by atoms with Gasteiger partial charge in [-0.3, -0.25) is 10.1 Å². The van der Waals surface area contributed by atoms with Crippen molar-refractivity contribution in [3.05, 3.63) is 10.1 Å². The minimum atomic E-state index is -0.833. The number of amides is 2. The van der Waals surface area contributed by atoms with E-state index in [1.54, 1.807) is 0 Å². The summed E-state index contributed by atoms with van der Waals surface area (Å²) in [5.74, 6) is 0.561. The van der Waals surface area contributed by atoms with Crippen LogP contribution < -0.4 is 5.32 Å². The summed E-state index contributed by atoms with van der Waals surface area (Å²) in [7, 11) is 2.80. The molecule has 0 radical (unpaired) electrons. The molecule has 0 aliphatic rings. The number of alkyl carbamates (subject to hydrolysis) is 1. The fraction of sp³-hybridized carbons (Fsp3) is 0.846. The highest BCUT2D eigenvalue weighted by Gasteiger charge is 2.19. The highest BCUT2D eigenvalue weighted by atomic mass is 33.1. The summed E-state index contributed by atoms with van der Waals surface area (Å²) in [4.78, 5) is 37.5. The second-order valence-corrected chi connectivity index (χ2v) is 7.30. The fourth-order valence-electron chi connectivity index (χ4n) is 1.77. The normalized spacial score (nSPS) is 10.4. The molecule has 0 aromatic carbocycles. The molecule has 0 spiro atoms. The Hall–Kier alpha value is -1.16. The first kappa shape index (κ1) is 21.8. The molecule has 0 aromatic rings. The van der Waals surface area contributed by atoms with Gasteiger partial charge in [-0.25, -0.2) is 4.79 Å². The highest BCUT2D eigenvalue weighted by Crippen LogP contribution is 2.20. The molecule has 0 heterocycles. The number of nitrogens with one attached hydrogen (secondary N) is 1. The number of hydrogen-bond donors (Lipinski definition) is 1. The lowest BCUT2D eigenvalue weighted by Gasteiger charge is -2.14. The van der Waals surface area contributed by atoms with E-state index >= 15 is 0 Å². The summed E-state index contributed by atoms with van der Waals surface area (Å²) in [6.45, 7) is 4.19. The molecule has 2 amide bonds. The fourth-order valence-corrected chi connectivity index (χ4v) is 3.42. The first-order valence-corrected chi connectivity index (χ1v) is 9.99. The van der Waals surface area contributed by atoms with Gasteiger partial charge in [0.15, 0.2) is 0 Å². The molecule has 0 saturated carbocycles. The van der Waals surface area contributed by atoms with Gasteiger partial charge in [0.25, 0.3) is 5.09 Å². The lowest BCUT2D eigenvalue weighted by atomic mass is 9.97. The third-order valence-corrected chi connectivity index (χ3v) is 5.05. The topological polar surface area (TPSA) is 108 Å². The summed E-state index contributed by atoms with van der Waals surface area (Å²) < 4.78 is 4.92. The number of imide groups is 1. The van der Waals surface area contributed by atoms with E-state index in [1.165, 1.54) is 21.6 Å². The summed E-state index contributed by atoms with van der Waals surface area (Å²) >= 11 is 0. The van der Waals surface area contributed by atoms with Crippen molar-refractivity contribution in [2.24, 2.45) is 5.92 Å². The van der Waals surface area contributed by atoms with E-state index in [0.29, 0.717) is 11.5 Å². The average molecular weight is 368 g/mol. The molecule has 0 aliphatic carbocycles. The maximum atomic E-state index is 11.9. The van der Waals surface area contributed by atoms with Crippen molar-refractivity contribution < 1.29 is 24.3 Å². The minimum Gasteiger partial charge on any atom is -0.448 e. The van der Waals surface area contributed by atoms with Gasteiger partial charge in [-0.15, -0.1) is 10.1 Å². The number of nitrogens with zero attached hydrogens (tertiary/aromatic N) is 1. The van der Waals surface area contributed by atoms with Gasteiger partial charge in [-0.05, 0) is 12.8 Å². The predicted octanol–water partition coefficient (Wildman–Crippen LogP) is 3.05. The molecule has 0 bridgehead atoms. The molecule has 0 aromatic heterocycles. The Morgan fingerprint density at radius 2 is 1.70 bits per heavy atom. The van der Waals surface area contributed by atoms with Gasteiger partial charge in [-0.2, -0.15) is 0 Å². The number of rotatable bonds is 13. The van der Waals surface area contributed by atoms with E-state index in [-0.39, 0.29) is 25.0 Å². The molecular formula is C13H24N2O6S2. The minimum absolute atomic E-state index is 0.0246. The molecule has 0 unspecified atom stereocenters. The third-order valence-electron chi connectivity index (χ3n) is 2.72. The smallest absolute Gasteiger partial charge is 0.413 e. The molecule has 10 heteroatoms. The van der Waals surface area contributed by atoms with Crippen molar-refractivity contribution in [1.29, 1.82) is 0 Å². The number of hydrogen-bond acceptors (Lipinski definition) is 8. The monoisotopic (exact) mass is 368 g/mol. The summed E-state index contributed by atoms with van der Waals surface area (Å²) in [5.41, 5.74) is 0. The van der Waals surface area contributed by atoms with Crippen LogP contribution in [0.5, 0.6) is 0 Å². The maximum Gasteiger partial charge on any atom is 0.413 e.